The van der Waals surface area contributed by atoms with Crippen LogP contribution in [-0.2, 0) is 6.42 Å². The molecule has 1 heterocycles. The number of hydrogen-bond donors (Lipinski definition) is 2. The van der Waals surface area contributed by atoms with Crippen molar-refractivity contribution in [3.8, 4) is 0 Å². The van der Waals surface area contributed by atoms with E-state index in [-0.39, 0.29) is 11.8 Å². The molecule has 0 aliphatic rings. The van der Waals surface area contributed by atoms with Crippen molar-refractivity contribution < 1.29 is 9.59 Å². The van der Waals surface area contributed by atoms with Gasteiger partial charge in [0.1, 0.15) is 0 Å². The number of para-hydroxylation sites is 1. The minimum Gasteiger partial charge on any atom is -0.322 e. The lowest BCUT2D eigenvalue weighted by atomic mass is 10.1. The number of benzene rings is 2. The van der Waals surface area contributed by atoms with E-state index in [1.807, 2.05) is 12.1 Å². The maximum Gasteiger partial charge on any atom is 0.257 e. The van der Waals surface area contributed by atoms with Gasteiger partial charge in [-0.25, -0.2) is 0 Å². The number of nitrogens with zero attached hydrogens (tertiary/aromatic N) is 1. The number of pyridine rings is 1. The first-order valence-corrected chi connectivity index (χ1v) is 8.38. The molecule has 0 saturated carbocycles. The van der Waals surface area contributed by atoms with Gasteiger partial charge in [-0.05, 0) is 48.4 Å². The summed E-state index contributed by atoms with van der Waals surface area (Å²) in [6.07, 6.45) is 4.12. The molecular weight excluding hydrogens is 326 g/mol. The standard InChI is InChI=1S/C21H19N3O2/c1-2-15-7-9-16(10-8-15)20(25)24-19-6-4-3-5-18(19)21(26)23-17-11-13-22-14-12-17/h3-14H,2H2,1H3,(H,24,25)(H,22,23,26). The number of aryl methyl sites for hydroxylation is 1. The number of hydrogen-bond acceptors (Lipinski definition) is 3. The second-order valence-corrected chi connectivity index (χ2v) is 5.74. The molecule has 0 saturated heterocycles. The van der Waals surface area contributed by atoms with Gasteiger partial charge >= 0.3 is 0 Å². The molecule has 0 aliphatic carbocycles. The number of nitrogens with one attached hydrogen (secondary N) is 2. The van der Waals surface area contributed by atoms with Crippen LogP contribution in [0, 0.1) is 0 Å². The van der Waals surface area contributed by atoms with Gasteiger partial charge in [-0.3, -0.25) is 14.6 Å². The van der Waals surface area contributed by atoms with E-state index in [1.165, 1.54) is 5.56 Å². The Morgan fingerprint density at radius 1 is 0.846 bits per heavy atom. The summed E-state index contributed by atoms with van der Waals surface area (Å²) < 4.78 is 0. The van der Waals surface area contributed by atoms with Crippen LogP contribution in [0.2, 0.25) is 0 Å². The number of carbonyl (C=O) groups is 2. The molecule has 0 unspecified atom stereocenters. The summed E-state index contributed by atoms with van der Waals surface area (Å²) in [6, 6.07) is 17.7. The Bertz CT molecular complexity index is 906. The van der Waals surface area contributed by atoms with Crippen LogP contribution in [0.3, 0.4) is 0 Å². The molecule has 2 N–H and O–H groups in total. The van der Waals surface area contributed by atoms with E-state index in [0.29, 0.717) is 22.5 Å². The molecule has 0 aliphatic heterocycles. The highest BCUT2D eigenvalue weighted by Gasteiger charge is 2.14. The van der Waals surface area contributed by atoms with Gasteiger partial charge in [0.2, 0.25) is 0 Å². The first-order valence-electron chi connectivity index (χ1n) is 8.38. The Hall–Kier alpha value is -3.47. The van der Waals surface area contributed by atoms with Crippen molar-refractivity contribution in [2.75, 3.05) is 10.6 Å². The minimum absolute atomic E-state index is 0.253. The lowest BCUT2D eigenvalue weighted by Crippen LogP contribution is -2.18. The van der Waals surface area contributed by atoms with Gasteiger partial charge in [-0.2, -0.15) is 0 Å². The fraction of sp³-hybridized carbons (Fsp3) is 0.0952. The molecule has 5 nitrogen and oxygen atoms in total. The zero-order chi connectivity index (χ0) is 18.4. The molecule has 1 aromatic heterocycles. The molecular formula is C21H19N3O2. The summed E-state index contributed by atoms with van der Waals surface area (Å²) in [7, 11) is 0. The Balaban J connectivity index is 1.78. The molecule has 0 radical (unpaired) electrons. The zero-order valence-electron chi connectivity index (χ0n) is 14.4. The number of anilines is 2. The van der Waals surface area contributed by atoms with Crippen LogP contribution in [0.5, 0.6) is 0 Å². The van der Waals surface area contributed by atoms with Gasteiger partial charge in [0.05, 0.1) is 11.3 Å². The predicted molar refractivity (Wildman–Crippen MR) is 102 cm³/mol. The second-order valence-electron chi connectivity index (χ2n) is 5.74. The second kappa shape index (κ2) is 8.07. The summed E-state index contributed by atoms with van der Waals surface area (Å²) in [6.45, 7) is 2.06. The molecule has 130 valence electrons. The summed E-state index contributed by atoms with van der Waals surface area (Å²) in [4.78, 5) is 29.0. The average Bonchev–Trinajstić information content (AvgIpc) is 2.69. The predicted octanol–water partition coefficient (Wildman–Crippen LogP) is 4.15. The molecule has 0 bridgehead atoms. The molecule has 26 heavy (non-hydrogen) atoms. The van der Waals surface area contributed by atoms with Crippen LogP contribution in [-0.4, -0.2) is 16.8 Å². The first-order chi connectivity index (χ1) is 12.7. The first kappa shape index (κ1) is 17.4. The van der Waals surface area contributed by atoms with Crippen LogP contribution in [0.4, 0.5) is 11.4 Å². The van der Waals surface area contributed by atoms with E-state index < -0.39 is 0 Å². The van der Waals surface area contributed by atoms with Crippen molar-refractivity contribution in [2.24, 2.45) is 0 Å². The maximum atomic E-state index is 12.6. The number of amides is 2. The van der Waals surface area contributed by atoms with Gasteiger partial charge < -0.3 is 10.6 Å². The molecule has 0 spiro atoms. The van der Waals surface area contributed by atoms with Gasteiger partial charge in [0, 0.05) is 23.6 Å². The number of carbonyl (C=O) groups excluding carboxylic acids is 2. The van der Waals surface area contributed by atoms with Crippen molar-refractivity contribution in [1.82, 2.24) is 4.98 Å². The third-order valence-corrected chi connectivity index (χ3v) is 3.98. The third kappa shape index (κ3) is 4.13. The minimum atomic E-state index is -0.298. The van der Waals surface area contributed by atoms with E-state index in [2.05, 4.69) is 22.5 Å². The van der Waals surface area contributed by atoms with E-state index in [9.17, 15) is 9.59 Å². The molecule has 3 aromatic rings. The van der Waals surface area contributed by atoms with Gasteiger partial charge in [0.25, 0.3) is 11.8 Å². The number of aromatic nitrogens is 1. The van der Waals surface area contributed by atoms with Crippen molar-refractivity contribution in [3.63, 3.8) is 0 Å². The van der Waals surface area contributed by atoms with E-state index in [1.54, 1.807) is 60.9 Å². The summed E-state index contributed by atoms with van der Waals surface area (Å²) in [5.41, 5.74) is 3.21. The van der Waals surface area contributed by atoms with E-state index in [0.717, 1.165) is 6.42 Å². The molecule has 0 fully saturated rings. The summed E-state index contributed by atoms with van der Waals surface area (Å²) in [5, 5.41) is 5.62. The monoisotopic (exact) mass is 345 g/mol. The Kier molecular flexibility index (Phi) is 5.39. The lowest BCUT2D eigenvalue weighted by molar-refractivity contribution is 0.102. The summed E-state index contributed by atoms with van der Waals surface area (Å²) >= 11 is 0. The molecule has 5 heteroatoms. The smallest absolute Gasteiger partial charge is 0.257 e. The van der Waals surface area contributed by atoms with Crippen molar-refractivity contribution in [1.29, 1.82) is 0 Å². The SMILES string of the molecule is CCc1ccc(C(=O)Nc2ccccc2C(=O)Nc2ccncc2)cc1. The van der Waals surface area contributed by atoms with Crippen LogP contribution in [0.15, 0.2) is 73.1 Å². The van der Waals surface area contributed by atoms with Gasteiger partial charge in [-0.1, -0.05) is 31.2 Å². The Morgan fingerprint density at radius 2 is 1.54 bits per heavy atom. The highest BCUT2D eigenvalue weighted by molar-refractivity contribution is 6.12. The van der Waals surface area contributed by atoms with Crippen LogP contribution < -0.4 is 10.6 Å². The maximum absolute atomic E-state index is 12.6. The molecule has 2 amide bonds. The molecule has 3 rings (SSSR count). The quantitative estimate of drug-likeness (QED) is 0.730. The topological polar surface area (TPSA) is 71.1 Å². The zero-order valence-corrected chi connectivity index (χ0v) is 14.4. The van der Waals surface area contributed by atoms with Crippen LogP contribution >= 0.6 is 0 Å². The van der Waals surface area contributed by atoms with Gasteiger partial charge in [0.15, 0.2) is 0 Å². The van der Waals surface area contributed by atoms with Crippen molar-refractivity contribution in [3.05, 3.63) is 89.7 Å². The van der Waals surface area contributed by atoms with Crippen LogP contribution in [0.1, 0.15) is 33.2 Å². The number of rotatable bonds is 5. The van der Waals surface area contributed by atoms with E-state index in [4.69, 9.17) is 0 Å². The third-order valence-electron chi connectivity index (χ3n) is 3.98. The van der Waals surface area contributed by atoms with Crippen molar-refractivity contribution in [2.45, 2.75) is 13.3 Å². The van der Waals surface area contributed by atoms with E-state index >= 15 is 0 Å². The van der Waals surface area contributed by atoms with Crippen LogP contribution in [0.25, 0.3) is 0 Å². The molecule has 2 aromatic carbocycles. The molecule has 0 atom stereocenters. The van der Waals surface area contributed by atoms with Crippen molar-refractivity contribution >= 4 is 23.2 Å². The van der Waals surface area contributed by atoms with Gasteiger partial charge in [-0.15, -0.1) is 0 Å². The average molecular weight is 345 g/mol. The normalized spacial score (nSPS) is 10.2. The fourth-order valence-electron chi connectivity index (χ4n) is 2.51. The lowest BCUT2D eigenvalue weighted by Gasteiger charge is -2.11. The largest absolute Gasteiger partial charge is 0.322 e. The Morgan fingerprint density at radius 3 is 2.23 bits per heavy atom. The highest BCUT2D eigenvalue weighted by atomic mass is 16.2. The Labute approximate surface area is 152 Å². The summed E-state index contributed by atoms with van der Waals surface area (Å²) in [5.74, 6) is -0.551. The fourth-order valence-corrected chi connectivity index (χ4v) is 2.51. The highest BCUT2D eigenvalue weighted by Crippen LogP contribution is 2.18.